The maximum atomic E-state index is 11.9. The van der Waals surface area contributed by atoms with E-state index < -0.39 is 5.41 Å². The molecule has 2 heterocycles. The number of likely N-dealkylation sites (tertiary alicyclic amines) is 1. The zero-order chi connectivity index (χ0) is 10.5. The topological polar surface area (TPSA) is 46.6 Å². The third kappa shape index (κ3) is 1.29. The van der Waals surface area contributed by atoms with Crippen LogP contribution in [-0.4, -0.2) is 35.5 Å². The van der Waals surface area contributed by atoms with E-state index in [1.54, 1.807) is 4.90 Å². The molecule has 0 spiro atoms. The van der Waals surface area contributed by atoms with Crippen LogP contribution in [0.3, 0.4) is 0 Å². The van der Waals surface area contributed by atoms with Gasteiger partial charge in [0.25, 0.3) is 0 Å². The Bertz CT molecular complexity index is 292. The van der Waals surface area contributed by atoms with E-state index in [0.29, 0.717) is 13.0 Å². The van der Waals surface area contributed by atoms with E-state index in [-0.39, 0.29) is 24.0 Å². The van der Waals surface area contributed by atoms with Crippen LogP contribution in [0.4, 0.5) is 0 Å². The number of esters is 1. The van der Waals surface area contributed by atoms with Crippen molar-refractivity contribution in [2.75, 3.05) is 6.54 Å². The minimum atomic E-state index is -0.412. The molecule has 0 aromatic carbocycles. The van der Waals surface area contributed by atoms with Gasteiger partial charge in [0.2, 0.25) is 5.91 Å². The highest BCUT2D eigenvalue weighted by molar-refractivity contribution is 5.89. The van der Waals surface area contributed by atoms with E-state index in [4.69, 9.17) is 4.74 Å². The van der Waals surface area contributed by atoms with Gasteiger partial charge in [-0.25, -0.2) is 4.79 Å². The molecule has 2 aliphatic heterocycles. The van der Waals surface area contributed by atoms with Gasteiger partial charge in [-0.05, 0) is 0 Å². The molecular formula is C10H15NO3. The van der Waals surface area contributed by atoms with Crippen LogP contribution in [0, 0.1) is 5.41 Å². The highest BCUT2D eigenvalue weighted by atomic mass is 16.6. The molecule has 2 atom stereocenters. The Morgan fingerprint density at radius 3 is 2.57 bits per heavy atom. The molecule has 0 N–H and O–H groups in total. The Balaban J connectivity index is 2.15. The molecule has 0 aromatic rings. The van der Waals surface area contributed by atoms with E-state index in [1.165, 1.54) is 0 Å². The second-order valence-corrected chi connectivity index (χ2v) is 5.02. The first kappa shape index (κ1) is 9.49. The number of carbonyl (C=O) groups excluding carboxylic acids is 2. The Kier molecular flexibility index (Phi) is 1.84. The molecule has 0 aromatic heterocycles. The lowest BCUT2D eigenvalue weighted by Gasteiger charge is -2.31. The van der Waals surface area contributed by atoms with Crippen LogP contribution in [0.5, 0.6) is 0 Å². The summed E-state index contributed by atoms with van der Waals surface area (Å²) in [5, 5.41) is 0. The van der Waals surface area contributed by atoms with Crippen molar-refractivity contribution >= 4 is 11.9 Å². The lowest BCUT2D eigenvalue weighted by atomic mass is 9.94. The van der Waals surface area contributed by atoms with Crippen LogP contribution in [-0.2, 0) is 14.3 Å². The van der Waals surface area contributed by atoms with Gasteiger partial charge in [0.05, 0.1) is 6.54 Å². The number of ether oxygens (including phenoxy) is 1. The van der Waals surface area contributed by atoms with Crippen molar-refractivity contribution in [3.05, 3.63) is 0 Å². The van der Waals surface area contributed by atoms with E-state index in [9.17, 15) is 9.59 Å². The maximum Gasteiger partial charge on any atom is 0.329 e. The lowest BCUT2D eigenvalue weighted by Crippen LogP contribution is -2.48. The zero-order valence-corrected chi connectivity index (χ0v) is 8.74. The summed E-state index contributed by atoms with van der Waals surface area (Å²) in [6.07, 6.45) is 0.625. The number of carbonyl (C=O) groups is 2. The van der Waals surface area contributed by atoms with Gasteiger partial charge < -0.3 is 9.64 Å². The predicted octanol–water partition coefficient (Wildman–Crippen LogP) is 0.559. The van der Waals surface area contributed by atoms with Crippen molar-refractivity contribution in [3.63, 3.8) is 0 Å². The van der Waals surface area contributed by atoms with Crippen LogP contribution in [0.25, 0.3) is 0 Å². The fourth-order valence-electron chi connectivity index (χ4n) is 2.00. The first-order chi connectivity index (χ1) is 6.39. The fourth-order valence-corrected chi connectivity index (χ4v) is 2.00. The molecule has 2 aliphatic rings. The molecule has 4 heteroatoms. The van der Waals surface area contributed by atoms with E-state index in [0.717, 1.165) is 0 Å². The Hall–Kier alpha value is -1.06. The predicted molar refractivity (Wildman–Crippen MR) is 49.5 cm³/mol. The normalized spacial score (nSPS) is 30.8. The third-order valence-corrected chi connectivity index (χ3v) is 2.72. The number of morpholine rings is 1. The Labute approximate surface area is 83.2 Å². The first-order valence-electron chi connectivity index (χ1n) is 4.91. The van der Waals surface area contributed by atoms with Gasteiger partial charge in [0, 0.05) is 11.8 Å². The second-order valence-electron chi connectivity index (χ2n) is 5.02. The summed E-state index contributed by atoms with van der Waals surface area (Å²) in [6, 6.07) is -0.313. The number of fused-ring (bicyclic) bond motifs is 2. The Morgan fingerprint density at radius 1 is 1.50 bits per heavy atom. The van der Waals surface area contributed by atoms with Crippen LogP contribution in [0.2, 0.25) is 0 Å². The summed E-state index contributed by atoms with van der Waals surface area (Å²) in [5.74, 6) is -0.194. The highest BCUT2D eigenvalue weighted by Gasteiger charge is 2.50. The van der Waals surface area contributed by atoms with Crippen LogP contribution in [0.15, 0.2) is 0 Å². The Morgan fingerprint density at radius 2 is 2.14 bits per heavy atom. The summed E-state index contributed by atoms with van der Waals surface area (Å²) in [7, 11) is 0. The summed E-state index contributed by atoms with van der Waals surface area (Å²) in [5.41, 5.74) is -0.412. The van der Waals surface area contributed by atoms with Crippen LogP contribution in [0.1, 0.15) is 27.2 Å². The number of hydrogen-bond acceptors (Lipinski definition) is 3. The standard InChI is InChI=1S/C10H15NO3/c1-10(2,3)9(13)11-5-6-4-7(11)8(12)14-6/h6-7H,4-5H2,1-3H3/t6-,7-/m1/s1. The second kappa shape index (κ2) is 2.72. The fraction of sp³-hybridized carbons (Fsp3) is 0.800. The van der Waals surface area contributed by atoms with Gasteiger partial charge in [0.1, 0.15) is 12.1 Å². The van der Waals surface area contributed by atoms with Crippen molar-refractivity contribution in [2.24, 2.45) is 5.41 Å². The van der Waals surface area contributed by atoms with Gasteiger partial charge in [-0.15, -0.1) is 0 Å². The average Bonchev–Trinajstić information content (AvgIpc) is 2.58. The molecular weight excluding hydrogens is 182 g/mol. The molecule has 0 saturated carbocycles. The smallest absolute Gasteiger partial charge is 0.329 e. The molecule has 4 nitrogen and oxygen atoms in total. The monoisotopic (exact) mass is 197 g/mol. The minimum Gasteiger partial charge on any atom is -0.459 e. The molecule has 78 valence electrons. The third-order valence-electron chi connectivity index (χ3n) is 2.72. The van der Waals surface area contributed by atoms with Crippen molar-refractivity contribution in [3.8, 4) is 0 Å². The van der Waals surface area contributed by atoms with E-state index in [1.807, 2.05) is 20.8 Å². The van der Waals surface area contributed by atoms with Crippen molar-refractivity contribution in [2.45, 2.75) is 39.3 Å². The van der Waals surface area contributed by atoms with E-state index in [2.05, 4.69) is 0 Å². The van der Waals surface area contributed by atoms with Gasteiger partial charge in [-0.3, -0.25) is 4.79 Å². The van der Waals surface area contributed by atoms with Gasteiger partial charge >= 0.3 is 5.97 Å². The molecule has 14 heavy (non-hydrogen) atoms. The summed E-state index contributed by atoms with van der Waals surface area (Å²) >= 11 is 0. The maximum absolute atomic E-state index is 11.9. The number of hydrogen-bond donors (Lipinski definition) is 0. The molecule has 2 fully saturated rings. The quantitative estimate of drug-likeness (QED) is 0.533. The van der Waals surface area contributed by atoms with Crippen molar-refractivity contribution in [1.82, 2.24) is 4.90 Å². The van der Waals surface area contributed by atoms with Gasteiger partial charge in [-0.1, -0.05) is 20.8 Å². The average molecular weight is 197 g/mol. The first-order valence-corrected chi connectivity index (χ1v) is 4.91. The number of nitrogens with zero attached hydrogens (tertiary/aromatic N) is 1. The summed E-state index contributed by atoms with van der Waals surface area (Å²) < 4.78 is 5.02. The number of amides is 1. The molecule has 2 rings (SSSR count). The van der Waals surface area contributed by atoms with E-state index >= 15 is 0 Å². The minimum absolute atomic E-state index is 0.0432. The summed E-state index contributed by atoms with van der Waals surface area (Å²) in [4.78, 5) is 24.8. The molecule has 2 saturated heterocycles. The highest BCUT2D eigenvalue weighted by Crippen LogP contribution is 2.32. The molecule has 0 unspecified atom stereocenters. The van der Waals surface area contributed by atoms with Crippen molar-refractivity contribution in [1.29, 1.82) is 0 Å². The molecule has 1 amide bonds. The zero-order valence-electron chi connectivity index (χ0n) is 8.74. The van der Waals surface area contributed by atoms with Crippen LogP contribution >= 0.6 is 0 Å². The molecule has 0 radical (unpaired) electrons. The summed E-state index contributed by atoms with van der Waals surface area (Å²) in [6.45, 7) is 6.18. The van der Waals surface area contributed by atoms with Gasteiger partial charge in [0.15, 0.2) is 0 Å². The SMILES string of the molecule is CC(C)(C)C(=O)N1C[C@H]2C[C@@H]1C(=O)O2. The van der Waals surface area contributed by atoms with Crippen molar-refractivity contribution < 1.29 is 14.3 Å². The van der Waals surface area contributed by atoms with Crippen LogP contribution < -0.4 is 0 Å². The lowest BCUT2D eigenvalue weighted by molar-refractivity contribution is -0.160. The number of rotatable bonds is 0. The largest absolute Gasteiger partial charge is 0.459 e. The van der Waals surface area contributed by atoms with Gasteiger partial charge in [-0.2, -0.15) is 0 Å². The molecule has 0 aliphatic carbocycles. The molecule has 2 bridgehead atoms.